The lowest BCUT2D eigenvalue weighted by atomic mass is 9.85. The Morgan fingerprint density at radius 1 is 1.08 bits per heavy atom. The normalized spacial score (nSPS) is 15.4. The van der Waals surface area contributed by atoms with Crippen LogP contribution in [0.2, 0.25) is 0 Å². The lowest BCUT2D eigenvalue weighted by Crippen LogP contribution is -2.09. The first-order chi connectivity index (χ1) is 12.8. The molecule has 26 heavy (non-hydrogen) atoms. The van der Waals surface area contributed by atoms with Gasteiger partial charge in [-0.3, -0.25) is 0 Å². The van der Waals surface area contributed by atoms with E-state index in [1.165, 1.54) is 41.1 Å². The number of nitrogen functional groups attached to an aromatic ring is 1. The third-order valence-corrected chi connectivity index (χ3v) is 5.63. The number of hydrogen-bond acceptors (Lipinski definition) is 5. The summed E-state index contributed by atoms with van der Waals surface area (Å²) in [5.41, 5.74) is 14.5. The second-order valence-corrected chi connectivity index (χ2v) is 7.14. The second-order valence-electron chi connectivity index (χ2n) is 7.14. The van der Waals surface area contributed by atoms with Gasteiger partial charge in [0.05, 0.1) is 17.4 Å². The minimum absolute atomic E-state index is 0.629. The number of pyridine rings is 2. The molecule has 0 spiro atoms. The molecule has 0 saturated heterocycles. The Balaban J connectivity index is 1.82. The van der Waals surface area contributed by atoms with Crippen molar-refractivity contribution in [3.8, 4) is 11.3 Å². The van der Waals surface area contributed by atoms with E-state index in [0.717, 1.165) is 54.0 Å². The van der Waals surface area contributed by atoms with Gasteiger partial charge in [-0.1, -0.05) is 6.07 Å². The van der Waals surface area contributed by atoms with E-state index in [4.69, 9.17) is 16.1 Å². The van der Waals surface area contributed by atoms with Crippen LogP contribution in [-0.2, 0) is 19.3 Å². The van der Waals surface area contributed by atoms with Crippen LogP contribution >= 0.6 is 0 Å². The zero-order valence-corrected chi connectivity index (χ0v) is 14.6. The van der Waals surface area contributed by atoms with Crippen molar-refractivity contribution in [3.63, 3.8) is 0 Å². The van der Waals surface area contributed by atoms with Crippen molar-refractivity contribution in [1.29, 1.82) is 5.41 Å². The number of fused-ring (bicyclic) bond motifs is 5. The van der Waals surface area contributed by atoms with Crippen molar-refractivity contribution in [1.82, 2.24) is 9.97 Å². The summed E-state index contributed by atoms with van der Waals surface area (Å²) in [6, 6.07) is 5.88. The van der Waals surface area contributed by atoms with Gasteiger partial charge in [-0.15, -0.1) is 0 Å². The van der Waals surface area contributed by atoms with Gasteiger partial charge < -0.3 is 16.5 Å². The van der Waals surface area contributed by atoms with Crippen molar-refractivity contribution in [2.75, 3.05) is 17.6 Å². The van der Waals surface area contributed by atoms with Crippen molar-refractivity contribution in [3.05, 3.63) is 46.6 Å². The first-order valence-electron chi connectivity index (χ1n) is 9.24. The average molecular weight is 343 g/mol. The predicted octanol–water partition coefficient (Wildman–Crippen LogP) is 3.72. The molecule has 0 radical (unpaired) electrons. The maximum atomic E-state index is 7.60. The molecule has 2 aromatic heterocycles. The number of rotatable bonds is 2. The maximum Gasteiger partial charge on any atom is 0.129 e. The summed E-state index contributed by atoms with van der Waals surface area (Å²) >= 11 is 0. The largest absolute Gasteiger partial charge is 0.398 e. The van der Waals surface area contributed by atoms with Gasteiger partial charge in [-0.2, -0.15) is 0 Å². The molecule has 5 rings (SSSR count). The van der Waals surface area contributed by atoms with E-state index in [1.807, 2.05) is 24.4 Å². The number of aromatic nitrogens is 2. The van der Waals surface area contributed by atoms with Crippen LogP contribution in [0.4, 0.5) is 11.5 Å². The fourth-order valence-electron chi connectivity index (χ4n) is 4.38. The molecule has 0 bridgehead atoms. The molecule has 2 aliphatic rings. The molecule has 0 atom stereocenters. The Morgan fingerprint density at radius 2 is 1.92 bits per heavy atom. The van der Waals surface area contributed by atoms with E-state index >= 15 is 0 Å². The molecule has 1 aliphatic carbocycles. The van der Waals surface area contributed by atoms with E-state index in [2.05, 4.69) is 10.3 Å². The predicted molar refractivity (Wildman–Crippen MR) is 106 cm³/mol. The fraction of sp³-hybridized carbons (Fsp3) is 0.286. The van der Waals surface area contributed by atoms with Gasteiger partial charge in [0.25, 0.3) is 0 Å². The lowest BCUT2D eigenvalue weighted by molar-refractivity contribution is 0.688. The van der Waals surface area contributed by atoms with E-state index in [0.29, 0.717) is 5.69 Å². The van der Waals surface area contributed by atoms with Crippen LogP contribution < -0.4 is 11.1 Å². The van der Waals surface area contributed by atoms with Crippen molar-refractivity contribution in [2.24, 2.45) is 0 Å². The number of nitrogens with two attached hydrogens (primary N) is 1. The SMILES string of the molecule is N=Cc1cc(-c2nc3cnc4c(c3c3c2CCCC3)CCN4)ccc1N. The molecule has 0 amide bonds. The summed E-state index contributed by atoms with van der Waals surface area (Å²) in [4.78, 5) is 9.62. The molecular formula is C21H21N5. The van der Waals surface area contributed by atoms with Crippen molar-refractivity contribution in [2.45, 2.75) is 32.1 Å². The highest BCUT2D eigenvalue weighted by Crippen LogP contribution is 2.39. The molecule has 1 aromatic carbocycles. The van der Waals surface area contributed by atoms with Crippen molar-refractivity contribution >= 4 is 28.6 Å². The summed E-state index contributed by atoms with van der Waals surface area (Å²) in [6.07, 6.45) is 8.82. The molecule has 5 heteroatoms. The van der Waals surface area contributed by atoms with E-state index in [9.17, 15) is 0 Å². The number of nitrogens with zero attached hydrogens (tertiary/aromatic N) is 2. The molecule has 130 valence electrons. The molecular weight excluding hydrogens is 322 g/mol. The summed E-state index contributed by atoms with van der Waals surface area (Å²) in [5, 5.41) is 12.3. The summed E-state index contributed by atoms with van der Waals surface area (Å²) in [7, 11) is 0. The molecule has 3 heterocycles. The maximum absolute atomic E-state index is 7.60. The first kappa shape index (κ1) is 15.3. The Kier molecular flexibility index (Phi) is 3.42. The summed E-state index contributed by atoms with van der Waals surface area (Å²) in [5.74, 6) is 1.03. The highest BCUT2D eigenvalue weighted by Gasteiger charge is 2.24. The Labute approximate surface area is 152 Å². The zero-order valence-electron chi connectivity index (χ0n) is 14.6. The Bertz CT molecular complexity index is 1050. The molecule has 0 unspecified atom stereocenters. The van der Waals surface area contributed by atoms with Crippen LogP contribution in [0.5, 0.6) is 0 Å². The number of nitrogens with one attached hydrogen (secondary N) is 2. The van der Waals surface area contributed by atoms with Gasteiger partial charge in [0, 0.05) is 40.5 Å². The van der Waals surface area contributed by atoms with Gasteiger partial charge in [0.15, 0.2) is 0 Å². The minimum Gasteiger partial charge on any atom is -0.398 e. The highest BCUT2D eigenvalue weighted by molar-refractivity contribution is 5.94. The third kappa shape index (κ3) is 2.20. The molecule has 3 aromatic rings. The Hall–Kier alpha value is -2.95. The number of hydrogen-bond donors (Lipinski definition) is 3. The molecule has 5 nitrogen and oxygen atoms in total. The number of anilines is 2. The topological polar surface area (TPSA) is 87.7 Å². The highest BCUT2D eigenvalue weighted by atomic mass is 15.0. The zero-order chi connectivity index (χ0) is 17.7. The third-order valence-electron chi connectivity index (χ3n) is 5.63. The van der Waals surface area contributed by atoms with E-state index in [1.54, 1.807) is 0 Å². The molecule has 4 N–H and O–H groups in total. The molecule has 0 saturated carbocycles. The van der Waals surface area contributed by atoms with Gasteiger partial charge >= 0.3 is 0 Å². The first-order valence-corrected chi connectivity index (χ1v) is 9.24. The van der Waals surface area contributed by atoms with E-state index < -0.39 is 0 Å². The van der Waals surface area contributed by atoms with Gasteiger partial charge in [0.2, 0.25) is 0 Å². The Morgan fingerprint density at radius 3 is 2.77 bits per heavy atom. The van der Waals surface area contributed by atoms with Crippen LogP contribution in [0, 0.1) is 5.41 Å². The minimum atomic E-state index is 0.629. The van der Waals surface area contributed by atoms with Crippen LogP contribution in [-0.4, -0.2) is 22.7 Å². The van der Waals surface area contributed by atoms with Gasteiger partial charge in [0.1, 0.15) is 5.82 Å². The quantitative estimate of drug-likeness (QED) is 0.489. The van der Waals surface area contributed by atoms with Crippen LogP contribution in [0.15, 0.2) is 24.4 Å². The number of aryl methyl sites for hydroxylation is 1. The monoisotopic (exact) mass is 343 g/mol. The molecule has 1 aliphatic heterocycles. The van der Waals surface area contributed by atoms with E-state index in [-0.39, 0.29) is 0 Å². The van der Waals surface area contributed by atoms with Gasteiger partial charge in [-0.25, -0.2) is 9.97 Å². The van der Waals surface area contributed by atoms with Crippen LogP contribution in [0.1, 0.15) is 35.1 Å². The fourth-order valence-corrected chi connectivity index (χ4v) is 4.38. The summed E-state index contributed by atoms with van der Waals surface area (Å²) < 4.78 is 0. The van der Waals surface area contributed by atoms with Crippen molar-refractivity contribution < 1.29 is 0 Å². The molecule has 0 fully saturated rings. The number of benzene rings is 1. The standard InChI is InChI=1S/C21H21N5/c22-10-13-9-12(5-6-17(13)23)20-15-4-2-1-3-14(15)19-16-7-8-24-21(16)25-11-18(19)26-20/h5-6,9-11,22H,1-4,7-8,23H2,(H,24,25). The smallest absolute Gasteiger partial charge is 0.129 e. The lowest BCUT2D eigenvalue weighted by Gasteiger charge is -2.22. The summed E-state index contributed by atoms with van der Waals surface area (Å²) in [6.45, 7) is 0.957. The average Bonchev–Trinajstić information content (AvgIpc) is 3.16. The van der Waals surface area contributed by atoms with Gasteiger partial charge in [-0.05, 0) is 55.4 Å². The second kappa shape index (κ2) is 5.80. The van der Waals surface area contributed by atoms with Crippen LogP contribution in [0.3, 0.4) is 0 Å². The van der Waals surface area contributed by atoms with Crippen LogP contribution in [0.25, 0.3) is 22.2 Å².